The number of nitrogens with two attached hydrogens (primary N) is 1. The van der Waals surface area contributed by atoms with Crippen molar-refractivity contribution in [1.82, 2.24) is 9.97 Å². The van der Waals surface area contributed by atoms with Crippen molar-refractivity contribution >= 4 is 23.2 Å². The van der Waals surface area contributed by atoms with Crippen LogP contribution in [0.5, 0.6) is 0 Å². The maximum atomic E-state index is 11.6. The van der Waals surface area contributed by atoms with E-state index < -0.39 is 10.8 Å². The van der Waals surface area contributed by atoms with Gasteiger partial charge in [-0.05, 0) is 25.1 Å². The van der Waals surface area contributed by atoms with Crippen LogP contribution in [-0.2, 0) is 0 Å². The second-order valence-corrected chi connectivity index (χ2v) is 5.80. The summed E-state index contributed by atoms with van der Waals surface area (Å²) in [5.74, 6) is 0.791. The van der Waals surface area contributed by atoms with E-state index in [1.165, 1.54) is 6.20 Å². The first-order chi connectivity index (χ1) is 12.0. The number of piperazine rings is 1. The Hall–Kier alpha value is -3.23. The van der Waals surface area contributed by atoms with Gasteiger partial charge in [0, 0.05) is 37.9 Å². The van der Waals surface area contributed by atoms with Crippen LogP contribution < -0.4 is 15.5 Å². The van der Waals surface area contributed by atoms with Gasteiger partial charge < -0.3 is 15.5 Å². The maximum absolute atomic E-state index is 11.6. The second-order valence-electron chi connectivity index (χ2n) is 5.80. The molecule has 0 spiro atoms. The third kappa shape index (κ3) is 3.35. The van der Waals surface area contributed by atoms with Crippen molar-refractivity contribution < 1.29 is 9.72 Å². The SMILES string of the molecule is Cc1cc(N2CCN(c3ncccc3C(N)=O)CC2)ncc1[N+](=O)[O-]. The molecule has 3 rings (SSSR count). The molecule has 9 heteroatoms. The second kappa shape index (κ2) is 6.71. The van der Waals surface area contributed by atoms with Gasteiger partial charge in [0.1, 0.15) is 17.8 Å². The average Bonchev–Trinajstić information content (AvgIpc) is 2.61. The lowest BCUT2D eigenvalue weighted by atomic mass is 10.2. The molecule has 0 aliphatic carbocycles. The molecule has 2 aromatic heterocycles. The zero-order chi connectivity index (χ0) is 18.0. The molecular formula is C16H18N6O3. The summed E-state index contributed by atoms with van der Waals surface area (Å²) in [7, 11) is 0. The van der Waals surface area contributed by atoms with E-state index in [0.29, 0.717) is 48.9 Å². The zero-order valence-corrected chi connectivity index (χ0v) is 13.8. The van der Waals surface area contributed by atoms with E-state index in [1.54, 1.807) is 31.3 Å². The number of primary amides is 1. The van der Waals surface area contributed by atoms with E-state index >= 15 is 0 Å². The van der Waals surface area contributed by atoms with Crippen molar-refractivity contribution in [3.63, 3.8) is 0 Å². The Balaban J connectivity index is 1.73. The van der Waals surface area contributed by atoms with E-state index in [9.17, 15) is 14.9 Å². The largest absolute Gasteiger partial charge is 0.365 e. The first-order valence-electron chi connectivity index (χ1n) is 7.83. The van der Waals surface area contributed by atoms with Gasteiger partial charge in [-0.3, -0.25) is 14.9 Å². The zero-order valence-electron chi connectivity index (χ0n) is 13.8. The van der Waals surface area contributed by atoms with Gasteiger partial charge in [-0.15, -0.1) is 0 Å². The molecule has 130 valence electrons. The number of hydrogen-bond donors (Lipinski definition) is 1. The summed E-state index contributed by atoms with van der Waals surface area (Å²) in [6.45, 7) is 4.33. The molecule has 1 fully saturated rings. The molecule has 25 heavy (non-hydrogen) atoms. The number of carbonyl (C=O) groups is 1. The van der Waals surface area contributed by atoms with Crippen LogP contribution in [0.2, 0.25) is 0 Å². The number of aromatic nitrogens is 2. The predicted octanol–water partition coefficient (Wildman–Crippen LogP) is 1.12. The lowest BCUT2D eigenvalue weighted by Gasteiger charge is -2.36. The summed E-state index contributed by atoms with van der Waals surface area (Å²) >= 11 is 0. The Kier molecular flexibility index (Phi) is 4.46. The average molecular weight is 342 g/mol. The van der Waals surface area contributed by atoms with Crippen LogP contribution in [0.4, 0.5) is 17.3 Å². The van der Waals surface area contributed by atoms with Crippen molar-refractivity contribution in [3.8, 4) is 0 Å². The van der Waals surface area contributed by atoms with Crippen LogP contribution in [0, 0.1) is 17.0 Å². The number of pyridine rings is 2. The van der Waals surface area contributed by atoms with Crippen LogP contribution in [0.1, 0.15) is 15.9 Å². The normalized spacial score (nSPS) is 14.4. The standard InChI is InChI=1S/C16H18N6O3/c1-11-9-14(19-10-13(11)22(24)25)20-5-7-21(8-6-20)16-12(15(17)23)3-2-4-18-16/h2-4,9-10H,5-8H2,1H3,(H2,17,23). The first kappa shape index (κ1) is 16.6. The Morgan fingerprint density at radius 3 is 2.52 bits per heavy atom. The number of amides is 1. The molecule has 1 aliphatic heterocycles. The van der Waals surface area contributed by atoms with E-state index in [1.807, 2.05) is 4.90 Å². The van der Waals surface area contributed by atoms with Gasteiger partial charge in [-0.2, -0.15) is 0 Å². The fraction of sp³-hybridized carbons (Fsp3) is 0.312. The molecule has 2 aromatic rings. The smallest absolute Gasteiger partial charge is 0.290 e. The number of carbonyl (C=O) groups excluding carboxylic acids is 1. The van der Waals surface area contributed by atoms with Crippen molar-refractivity contribution in [1.29, 1.82) is 0 Å². The molecule has 3 heterocycles. The van der Waals surface area contributed by atoms with Crippen LogP contribution in [0.15, 0.2) is 30.6 Å². The van der Waals surface area contributed by atoms with Crippen LogP contribution in [0.3, 0.4) is 0 Å². The van der Waals surface area contributed by atoms with E-state index in [-0.39, 0.29) is 5.69 Å². The monoisotopic (exact) mass is 342 g/mol. The van der Waals surface area contributed by atoms with Crippen molar-refractivity contribution in [2.24, 2.45) is 5.73 Å². The number of aryl methyl sites for hydroxylation is 1. The van der Waals surface area contributed by atoms with E-state index in [0.717, 1.165) is 0 Å². The molecule has 2 N–H and O–H groups in total. The van der Waals surface area contributed by atoms with Gasteiger partial charge in [0.25, 0.3) is 11.6 Å². The minimum atomic E-state index is -0.502. The molecule has 9 nitrogen and oxygen atoms in total. The van der Waals surface area contributed by atoms with Crippen molar-refractivity contribution in [2.45, 2.75) is 6.92 Å². The highest BCUT2D eigenvalue weighted by Crippen LogP contribution is 2.24. The number of hydrogen-bond acceptors (Lipinski definition) is 7. The Morgan fingerprint density at radius 1 is 1.24 bits per heavy atom. The van der Waals surface area contributed by atoms with Gasteiger partial charge in [-0.1, -0.05) is 0 Å². The molecule has 0 aromatic carbocycles. The summed E-state index contributed by atoms with van der Waals surface area (Å²) in [4.78, 5) is 34.6. The van der Waals surface area contributed by atoms with Crippen LogP contribution in [0.25, 0.3) is 0 Å². The van der Waals surface area contributed by atoms with Crippen molar-refractivity contribution in [3.05, 3.63) is 51.8 Å². The summed E-state index contributed by atoms with van der Waals surface area (Å²) in [6.07, 6.45) is 2.93. The van der Waals surface area contributed by atoms with Crippen LogP contribution in [-0.4, -0.2) is 47.0 Å². The topological polar surface area (TPSA) is 118 Å². The third-order valence-electron chi connectivity index (χ3n) is 4.22. The highest BCUT2D eigenvalue weighted by molar-refractivity contribution is 5.97. The van der Waals surface area contributed by atoms with Crippen molar-refractivity contribution in [2.75, 3.05) is 36.0 Å². The predicted molar refractivity (Wildman–Crippen MR) is 92.8 cm³/mol. The molecule has 0 saturated carbocycles. The fourth-order valence-electron chi connectivity index (χ4n) is 2.89. The van der Waals surface area contributed by atoms with Gasteiger partial charge >= 0.3 is 0 Å². The quantitative estimate of drug-likeness (QED) is 0.653. The molecule has 0 bridgehead atoms. The Bertz CT molecular complexity index is 817. The third-order valence-corrected chi connectivity index (χ3v) is 4.22. The first-order valence-corrected chi connectivity index (χ1v) is 7.83. The highest BCUT2D eigenvalue weighted by Gasteiger charge is 2.23. The van der Waals surface area contributed by atoms with Gasteiger partial charge in [0.15, 0.2) is 0 Å². The molecule has 1 saturated heterocycles. The minimum Gasteiger partial charge on any atom is -0.365 e. The van der Waals surface area contributed by atoms with Gasteiger partial charge in [0.2, 0.25) is 0 Å². The van der Waals surface area contributed by atoms with E-state index in [2.05, 4.69) is 14.9 Å². The van der Waals surface area contributed by atoms with Gasteiger partial charge in [0.05, 0.1) is 10.5 Å². The fourth-order valence-corrected chi connectivity index (χ4v) is 2.89. The summed E-state index contributed by atoms with van der Waals surface area (Å²) < 4.78 is 0. The summed E-state index contributed by atoms with van der Waals surface area (Å²) in [5.41, 5.74) is 6.41. The lowest BCUT2D eigenvalue weighted by molar-refractivity contribution is -0.385. The Morgan fingerprint density at radius 2 is 1.92 bits per heavy atom. The summed E-state index contributed by atoms with van der Waals surface area (Å²) in [5, 5.41) is 10.9. The maximum Gasteiger partial charge on any atom is 0.290 e. The number of nitrogens with zero attached hydrogens (tertiary/aromatic N) is 5. The number of nitro groups is 1. The molecule has 0 radical (unpaired) electrons. The number of anilines is 2. The lowest BCUT2D eigenvalue weighted by Crippen LogP contribution is -2.47. The molecule has 0 atom stereocenters. The van der Waals surface area contributed by atoms with Crippen LogP contribution >= 0.6 is 0 Å². The molecule has 1 amide bonds. The summed E-state index contributed by atoms with van der Waals surface area (Å²) in [6, 6.07) is 5.07. The van der Waals surface area contributed by atoms with E-state index in [4.69, 9.17) is 5.73 Å². The highest BCUT2D eigenvalue weighted by atomic mass is 16.6. The number of rotatable bonds is 4. The Labute approximate surface area is 144 Å². The van der Waals surface area contributed by atoms with Gasteiger partial charge in [-0.25, -0.2) is 9.97 Å². The molecule has 0 unspecified atom stereocenters. The minimum absolute atomic E-state index is 0.0157. The molecule has 1 aliphatic rings. The molecular weight excluding hydrogens is 324 g/mol.